The lowest BCUT2D eigenvalue weighted by atomic mass is 9.95. The first kappa shape index (κ1) is 34.7. The maximum atomic E-state index is 12.5. The Morgan fingerprint density at radius 3 is 2.54 bits per heavy atom. The molecule has 0 saturated heterocycles. The number of nitrogens with one attached hydrogen (secondary N) is 3. The van der Waals surface area contributed by atoms with Gasteiger partial charge in [-0.25, -0.2) is 9.59 Å². The van der Waals surface area contributed by atoms with Gasteiger partial charge in [-0.2, -0.15) is 5.10 Å². The predicted octanol–water partition coefficient (Wildman–Crippen LogP) is 5.05. The van der Waals surface area contributed by atoms with Gasteiger partial charge in [-0.05, 0) is 84.0 Å². The highest BCUT2D eigenvalue weighted by atomic mass is 127. The van der Waals surface area contributed by atoms with Gasteiger partial charge in [-0.15, -0.1) is 0 Å². The number of hydrazone groups is 1. The molecule has 3 aromatic rings. The molecule has 1 heterocycles. The number of hydrogen-bond donors (Lipinski definition) is 4. The van der Waals surface area contributed by atoms with Gasteiger partial charge < -0.3 is 39.4 Å². The summed E-state index contributed by atoms with van der Waals surface area (Å²) < 4.78 is 29.1. The molecule has 244 valence electrons. The van der Waals surface area contributed by atoms with E-state index in [0.29, 0.717) is 51.5 Å². The molecule has 46 heavy (non-hydrogen) atoms. The van der Waals surface area contributed by atoms with Gasteiger partial charge in [0, 0.05) is 19.9 Å². The largest absolute Gasteiger partial charge is 0.493 e. The number of rotatable bonds is 14. The van der Waals surface area contributed by atoms with Crippen LogP contribution >= 0.6 is 34.2 Å². The number of ether oxygens (including phenoxy) is 5. The van der Waals surface area contributed by atoms with Gasteiger partial charge in [0.1, 0.15) is 13.2 Å². The number of allylic oxidation sites excluding steroid dienone is 1. The van der Waals surface area contributed by atoms with Gasteiger partial charge in [0.2, 0.25) is 0 Å². The lowest BCUT2D eigenvalue weighted by molar-refractivity contribution is -0.136. The minimum atomic E-state index is -1.19. The number of hydrogen-bond acceptors (Lipinski definition) is 10. The van der Waals surface area contributed by atoms with Crippen LogP contribution in [0.15, 0.2) is 71.0 Å². The molecule has 4 rings (SSSR count). The van der Waals surface area contributed by atoms with Crippen LogP contribution in [-0.2, 0) is 16.1 Å². The quantitative estimate of drug-likeness (QED) is 0.0582. The Labute approximate surface area is 285 Å². The molecule has 0 bridgehead atoms. The van der Waals surface area contributed by atoms with E-state index in [1.807, 2.05) is 31.2 Å². The smallest absolute Gasteiger partial charge is 0.337 e. The third kappa shape index (κ3) is 8.95. The number of aliphatic hydroxyl groups excluding tert-OH is 1. The van der Waals surface area contributed by atoms with Gasteiger partial charge in [0.25, 0.3) is 0 Å². The zero-order valence-corrected chi connectivity index (χ0v) is 28.5. The molecule has 1 aliphatic rings. The lowest BCUT2D eigenvalue weighted by Gasteiger charge is -2.28. The molecule has 3 aromatic carbocycles. The van der Waals surface area contributed by atoms with Crippen LogP contribution in [0.25, 0.3) is 0 Å². The maximum Gasteiger partial charge on any atom is 0.337 e. The standard InChI is InChI=1S/C32H34ClIN4O8/c1-5-44-25-13-20(29-28(31(40)43-4)18(2)36-32(41)37-29)8-11-24(25)45-17-27(39)38-35-15-21-12-23(34)14-26(42-3)30(21)46-16-19-6-9-22(33)10-7-19/h6-15,27,29,38-39H,5,16-17H2,1-4H3,(H2,36,37,41)/b35-15+/t27-,29+/m0/s1. The molecule has 4 N–H and O–H groups in total. The van der Waals surface area contributed by atoms with Crippen LogP contribution in [0.4, 0.5) is 4.79 Å². The molecule has 0 aromatic heterocycles. The van der Waals surface area contributed by atoms with E-state index in [-0.39, 0.29) is 18.8 Å². The van der Waals surface area contributed by atoms with Crippen molar-refractivity contribution in [3.8, 4) is 23.0 Å². The zero-order chi connectivity index (χ0) is 33.2. The molecular weight excluding hydrogens is 731 g/mol. The second-order valence-electron chi connectivity index (χ2n) is 9.86. The van der Waals surface area contributed by atoms with Gasteiger partial charge >= 0.3 is 12.0 Å². The van der Waals surface area contributed by atoms with Crippen LogP contribution in [0, 0.1) is 3.57 Å². The summed E-state index contributed by atoms with van der Waals surface area (Å²) in [5, 5.41) is 20.7. The Hall–Kier alpha value is -4.21. The van der Waals surface area contributed by atoms with Gasteiger partial charge in [0.15, 0.2) is 29.2 Å². The molecule has 1 aliphatic heterocycles. The average Bonchev–Trinajstić information content (AvgIpc) is 3.03. The van der Waals surface area contributed by atoms with Gasteiger partial charge in [-0.3, -0.25) is 5.43 Å². The lowest BCUT2D eigenvalue weighted by Crippen LogP contribution is -2.45. The van der Waals surface area contributed by atoms with Crippen LogP contribution in [0.1, 0.15) is 36.6 Å². The van der Waals surface area contributed by atoms with Crippen molar-refractivity contribution in [2.24, 2.45) is 5.10 Å². The Morgan fingerprint density at radius 2 is 1.85 bits per heavy atom. The zero-order valence-electron chi connectivity index (χ0n) is 25.6. The second-order valence-corrected chi connectivity index (χ2v) is 11.5. The summed E-state index contributed by atoms with van der Waals surface area (Å²) in [4.78, 5) is 24.7. The predicted molar refractivity (Wildman–Crippen MR) is 180 cm³/mol. The molecule has 12 nitrogen and oxygen atoms in total. The maximum absolute atomic E-state index is 12.5. The molecule has 0 radical (unpaired) electrons. The molecule has 0 unspecified atom stereocenters. The van der Waals surface area contributed by atoms with E-state index in [9.17, 15) is 14.7 Å². The summed E-state index contributed by atoms with van der Waals surface area (Å²) >= 11 is 8.16. The first-order valence-electron chi connectivity index (χ1n) is 14.1. The number of methoxy groups -OCH3 is 2. The van der Waals surface area contributed by atoms with Crippen LogP contribution in [0.5, 0.6) is 23.0 Å². The van der Waals surface area contributed by atoms with Crippen molar-refractivity contribution in [1.29, 1.82) is 0 Å². The van der Waals surface area contributed by atoms with Crippen LogP contribution in [0.2, 0.25) is 5.02 Å². The number of halogens is 2. The van der Waals surface area contributed by atoms with E-state index in [0.717, 1.165) is 9.13 Å². The SMILES string of the molecule is CCOc1cc([C@H]2NC(=O)NC(C)=C2C(=O)OC)ccc1OC[C@H](O)N/N=C/c1cc(I)cc(OC)c1OCc1ccc(Cl)cc1. The number of esters is 1. The molecule has 2 amide bonds. The third-order valence-electron chi connectivity index (χ3n) is 6.66. The number of urea groups is 1. The van der Waals surface area contributed by atoms with Crippen LogP contribution < -0.4 is 35.0 Å². The molecular formula is C32H34ClIN4O8. The van der Waals surface area contributed by atoms with Crippen molar-refractivity contribution in [1.82, 2.24) is 16.1 Å². The normalized spacial score (nSPS) is 15.1. The third-order valence-corrected chi connectivity index (χ3v) is 7.54. The fourth-order valence-corrected chi connectivity index (χ4v) is 5.29. The van der Waals surface area contributed by atoms with Crippen molar-refractivity contribution in [2.75, 3.05) is 27.4 Å². The first-order chi connectivity index (χ1) is 22.1. The number of carbonyl (C=O) groups excluding carboxylic acids is 2. The molecule has 0 spiro atoms. The Balaban J connectivity index is 1.44. The van der Waals surface area contributed by atoms with Crippen molar-refractivity contribution in [3.63, 3.8) is 0 Å². The molecule has 2 atom stereocenters. The number of aliphatic hydroxyl groups is 1. The van der Waals surface area contributed by atoms with E-state index < -0.39 is 24.3 Å². The minimum absolute atomic E-state index is 0.178. The summed E-state index contributed by atoms with van der Waals surface area (Å²) in [6.45, 7) is 3.86. The summed E-state index contributed by atoms with van der Waals surface area (Å²) in [7, 11) is 2.83. The number of nitrogens with zero attached hydrogens (tertiary/aromatic N) is 1. The van der Waals surface area contributed by atoms with Crippen molar-refractivity contribution in [2.45, 2.75) is 32.7 Å². The molecule has 0 fully saturated rings. The Morgan fingerprint density at radius 1 is 1.09 bits per heavy atom. The van der Waals surface area contributed by atoms with E-state index >= 15 is 0 Å². The molecule has 0 saturated carbocycles. The highest BCUT2D eigenvalue weighted by Gasteiger charge is 2.32. The average molecular weight is 765 g/mol. The van der Waals surface area contributed by atoms with E-state index in [1.54, 1.807) is 44.4 Å². The van der Waals surface area contributed by atoms with Crippen molar-refractivity contribution in [3.05, 3.63) is 91.2 Å². The summed E-state index contributed by atoms with van der Waals surface area (Å²) in [6, 6.07) is 14.8. The van der Waals surface area contributed by atoms with E-state index in [2.05, 4.69) is 43.8 Å². The fourth-order valence-electron chi connectivity index (χ4n) is 4.54. The topological polar surface area (TPSA) is 149 Å². The summed E-state index contributed by atoms with van der Waals surface area (Å²) in [6.07, 6.45) is 0.335. The highest BCUT2D eigenvalue weighted by molar-refractivity contribution is 14.1. The van der Waals surface area contributed by atoms with Crippen molar-refractivity contribution >= 4 is 52.4 Å². The number of benzene rings is 3. The van der Waals surface area contributed by atoms with E-state index in [1.165, 1.54) is 13.3 Å². The second kappa shape index (κ2) is 16.4. The summed E-state index contributed by atoms with van der Waals surface area (Å²) in [5.74, 6) is 1.15. The highest BCUT2D eigenvalue weighted by Crippen LogP contribution is 2.35. The van der Waals surface area contributed by atoms with E-state index in [4.69, 9.17) is 35.3 Å². The van der Waals surface area contributed by atoms with Crippen LogP contribution in [0.3, 0.4) is 0 Å². The van der Waals surface area contributed by atoms with Gasteiger partial charge in [0.05, 0.1) is 38.7 Å². The molecule has 14 heteroatoms. The van der Waals surface area contributed by atoms with Crippen molar-refractivity contribution < 1.29 is 38.4 Å². The number of carbonyl (C=O) groups is 2. The fraction of sp³-hybridized carbons (Fsp3) is 0.281. The Bertz CT molecular complexity index is 1620. The van der Waals surface area contributed by atoms with Crippen LogP contribution in [-0.4, -0.2) is 57.0 Å². The number of amides is 2. The first-order valence-corrected chi connectivity index (χ1v) is 15.6. The Kier molecular flexibility index (Phi) is 12.3. The summed E-state index contributed by atoms with van der Waals surface area (Å²) in [5.41, 5.74) is 5.44. The molecule has 0 aliphatic carbocycles. The van der Waals surface area contributed by atoms with Gasteiger partial charge in [-0.1, -0.05) is 29.8 Å². The monoisotopic (exact) mass is 764 g/mol. The minimum Gasteiger partial charge on any atom is -0.493 e.